The molecule has 1 aromatic heterocycles. The Bertz CT molecular complexity index is 1100. The van der Waals surface area contributed by atoms with Gasteiger partial charge in [0.05, 0.1) is 44.4 Å². The van der Waals surface area contributed by atoms with Crippen LogP contribution in [0.25, 0.3) is 11.1 Å². The molecule has 0 unspecified atom stereocenters. The van der Waals surface area contributed by atoms with Gasteiger partial charge in [0.25, 0.3) is 5.56 Å². The number of benzene rings is 1. The molecule has 0 saturated carbocycles. The molecule has 2 heterocycles. The zero-order chi connectivity index (χ0) is 22.1. The van der Waals surface area contributed by atoms with Crippen molar-refractivity contribution < 1.29 is 23.4 Å². The largest absolute Gasteiger partial charge is 0.496 e. The third-order valence-electron chi connectivity index (χ3n) is 4.68. The molecular weight excluding hydrogens is 391 g/mol. The highest BCUT2D eigenvalue weighted by Crippen LogP contribution is 2.38. The third kappa shape index (κ3) is 3.98. The maximum atomic E-state index is 15.2. The van der Waals surface area contributed by atoms with Gasteiger partial charge in [-0.2, -0.15) is 0 Å². The van der Waals surface area contributed by atoms with E-state index >= 15 is 4.39 Å². The summed E-state index contributed by atoms with van der Waals surface area (Å²) >= 11 is 0. The van der Waals surface area contributed by atoms with E-state index in [9.17, 15) is 9.59 Å². The van der Waals surface area contributed by atoms with E-state index in [2.05, 4.69) is 11.8 Å². The lowest BCUT2D eigenvalue weighted by atomic mass is 9.97. The van der Waals surface area contributed by atoms with Crippen molar-refractivity contribution in [1.29, 1.82) is 0 Å². The molecule has 0 spiro atoms. The third-order valence-corrected chi connectivity index (χ3v) is 4.68. The van der Waals surface area contributed by atoms with E-state index in [0.29, 0.717) is 18.8 Å². The number of esters is 1. The Hall–Kier alpha value is -3.05. The monoisotopic (exact) mass is 416 g/mol. The number of carbonyl (C=O) groups is 1. The van der Waals surface area contributed by atoms with Crippen molar-refractivity contribution in [1.82, 2.24) is 9.36 Å². The second kappa shape index (κ2) is 8.36. The zero-order valence-electron chi connectivity index (χ0n) is 17.8. The lowest BCUT2D eigenvalue weighted by molar-refractivity contribution is -0.143. The summed E-state index contributed by atoms with van der Waals surface area (Å²) in [5.41, 5.74) is -1.00. The summed E-state index contributed by atoms with van der Waals surface area (Å²) in [6.07, 6.45) is 0. The quantitative estimate of drug-likeness (QED) is 0.568. The molecule has 0 atom stereocenters. The molecule has 3 rings (SSSR count). The smallest absolute Gasteiger partial charge is 0.317 e. The van der Waals surface area contributed by atoms with Gasteiger partial charge in [0.1, 0.15) is 17.1 Å². The first-order valence-corrected chi connectivity index (χ1v) is 9.63. The van der Waals surface area contributed by atoms with E-state index in [1.807, 2.05) is 0 Å². The van der Waals surface area contributed by atoms with Crippen LogP contribution in [0.15, 0.2) is 16.9 Å². The number of carbonyl (C=O) groups excluding carboxylic acids is 1. The van der Waals surface area contributed by atoms with Crippen LogP contribution in [0, 0.1) is 23.1 Å². The van der Waals surface area contributed by atoms with Crippen molar-refractivity contribution >= 4 is 5.97 Å². The predicted octanol–water partition coefficient (Wildman–Crippen LogP) is 2.82. The highest BCUT2D eigenvalue weighted by atomic mass is 19.1. The number of methoxy groups -OCH3 is 1. The Morgan fingerprint density at radius 1 is 1.17 bits per heavy atom. The Morgan fingerprint density at radius 3 is 2.43 bits per heavy atom. The maximum absolute atomic E-state index is 15.2. The minimum Gasteiger partial charge on any atom is -0.496 e. The van der Waals surface area contributed by atoms with Gasteiger partial charge in [-0.15, -0.1) is 5.92 Å². The molecule has 0 fully saturated rings. The molecule has 0 radical (unpaired) electrons. The Labute approximate surface area is 174 Å². The zero-order valence-corrected chi connectivity index (χ0v) is 17.8. The van der Waals surface area contributed by atoms with E-state index in [1.54, 1.807) is 33.8 Å². The highest BCUT2D eigenvalue weighted by Gasteiger charge is 2.33. The molecule has 1 aliphatic rings. The molecule has 30 heavy (non-hydrogen) atoms. The fourth-order valence-electron chi connectivity index (χ4n) is 3.18. The average molecular weight is 416 g/mol. The first-order valence-electron chi connectivity index (χ1n) is 9.63. The Balaban J connectivity index is 2.31. The summed E-state index contributed by atoms with van der Waals surface area (Å²) in [7, 11) is 1.38. The molecular formula is C22H25FN2O5. The molecule has 7 nitrogen and oxygen atoms in total. The van der Waals surface area contributed by atoms with Gasteiger partial charge in [0, 0.05) is 5.56 Å². The summed E-state index contributed by atoms with van der Waals surface area (Å²) in [5.74, 6) is 4.38. The van der Waals surface area contributed by atoms with Crippen LogP contribution in [-0.4, -0.2) is 35.7 Å². The summed E-state index contributed by atoms with van der Waals surface area (Å²) < 4.78 is 34.6. The van der Waals surface area contributed by atoms with Crippen LogP contribution in [-0.2, 0) is 22.6 Å². The van der Waals surface area contributed by atoms with Crippen molar-refractivity contribution in [2.24, 2.45) is 5.41 Å². The Kier molecular flexibility index (Phi) is 6.04. The number of fused-ring (bicyclic) bond motifs is 1. The Morgan fingerprint density at radius 2 is 1.83 bits per heavy atom. The van der Waals surface area contributed by atoms with Gasteiger partial charge in [-0.3, -0.25) is 9.59 Å². The molecule has 160 valence electrons. The van der Waals surface area contributed by atoms with Gasteiger partial charge >= 0.3 is 5.97 Å². The lowest BCUT2D eigenvalue weighted by Crippen LogP contribution is -2.27. The van der Waals surface area contributed by atoms with Gasteiger partial charge in [-0.25, -0.2) is 13.8 Å². The minimum atomic E-state index is -0.819. The number of halogens is 1. The molecule has 0 bridgehead atoms. The van der Waals surface area contributed by atoms with Crippen LogP contribution in [0.4, 0.5) is 4.39 Å². The summed E-state index contributed by atoms with van der Waals surface area (Å²) in [6.45, 7) is 7.94. The van der Waals surface area contributed by atoms with E-state index < -0.39 is 22.8 Å². The molecule has 0 amide bonds. The topological polar surface area (TPSA) is 71.7 Å². The van der Waals surface area contributed by atoms with E-state index in [-0.39, 0.29) is 35.8 Å². The van der Waals surface area contributed by atoms with Gasteiger partial charge in [-0.1, -0.05) is 5.92 Å². The standard InChI is InChI=1S/C22H25FN2O5/c1-6-7-14-12-15(23)17(16(13-14)28-5)18-19(26)24-8-10-29-11-9-25(24)20(18)30-21(27)22(2,3)4/h12-13H,8-11H2,1-5H3. The minimum absolute atomic E-state index is 0.0167. The predicted molar refractivity (Wildman–Crippen MR) is 109 cm³/mol. The summed E-state index contributed by atoms with van der Waals surface area (Å²) in [6, 6.07) is 2.79. The lowest BCUT2D eigenvalue weighted by Gasteiger charge is -2.19. The van der Waals surface area contributed by atoms with Gasteiger partial charge in [0.15, 0.2) is 0 Å². The van der Waals surface area contributed by atoms with Crippen LogP contribution in [0.3, 0.4) is 0 Å². The number of aromatic nitrogens is 2. The van der Waals surface area contributed by atoms with E-state index in [1.165, 1.54) is 22.5 Å². The van der Waals surface area contributed by atoms with Gasteiger partial charge in [-0.05, 0) is 39.8 Å². The molecule has 1 aliphatic heterocycles. The molecule has 1 aromatic carbocycles. The second-order valence-electron chi connectivity index (χ2n) is 7.89. The first-order chi connectivity index (χ1) is 14.2. The fourth-order valence-corrected chi connectivity index (χ4v) is 3.18. The summed E-state index contributed by atoms with van der Waals surface area (Å²) in [4.78, 5) is 26.0. The van der Waals surface area contributed by atoms with Crippen molar-refractivity contribution in [2.75, 3.05) is 20.3 Å². The highest BCUT2D eigenvalue weighted by molar-refractivity contribution is 5.82. The molecule has 2 aromatic rings. The van der Waals surface area contributed by atoms with Crippen LogP contribution in [0.5, 0.6) is 11.6 Å². The van der Waals surface area contributed by atoms with Crippen LogP contribution in [0.2, 0.25) is 0 Å². The second-order valence-corrected chi connectivity index (χ2v) is 7.89. The first kappa shape index (κ1) is 21.7. The van der Waals surface area contributed by atoms with Gasteiger partial charge < -0.3 is 14.2 Å². The van der Waals surface area contributed by atoms with Crippen molar-refractivity contribution in [3.05, 3.63) is 33.9 Å². The number of hydrogen-bond acceptors (Lipinski definition) is 5. The van der Waals surface area contributed by atoms with Crippen molar-refractivity contribution in [2.45, 2.75) is 40.8 Å². The number of hydrogen-bond donors (Lipinski definition) is 0. The van der Waals surface area contributed by atoms with Crippen molar-refractivity contribution in [3.8, 4) is 34.6 Å². The normalized spacial score (nSPS) is 13.7. The number of nitrogens with zero attached hydrogens (tertiary/aromatic N) is 2. The number of rotatable bonds is 3. The van der Waals surface area contributed by atoms with Gasteiger partial charge in [0.2, 0.25) is 5.88 Å². The molecule has 8 heteroatoms. The fraction of sp³-hybridized carbons (Fsp3) is 0.455. The molecule has 0 saturated heterocycles. The van der Waals surface area contributed by atoms with Crippen LogP contribution in [0.1, 0.15) is 33.3 Å². The molecule has 0 aliphatic carbocycles. The average Bonchev–Trinajstić information content (AvgIpc) is 2.84. The van der Waals surface area contributed by atoms with Crippen molar-refractivity contribution in [3.63, 3.8) is 0 Å². The summed E-state index contributed by atoms with van der Waals surface area (Å²) in [5, 5.41) is 0. The SMILES string of the molecule is CC#Cc1cc(F)c(-c2c(OC(=O)C(C)(C)C)n3n(c2=O)CCOCC3)c(OC)c1. The molecule has 0 N–H and O–H groups in total. The van der Waals surface area contributed by atoms with E-state index in [0.717, 1.165) is 0 Å². The maximum Gasteiger partial charge on any atom is 0.317 e. The number of ether oxygens (including phenoxy) is 3. The van der Waals surface area contributed by atoms with E-state index in [4.69, 9.17) is 14.2 Å². The van der Waals surface area contributed by atoms with Crippen LogP contribution < -0.4 is 15.0 Å². The van der Waals surface area contributed by atoms with Crippen LogP contribution >= 0.6 is 0 Å².